The highest BCUT2D eigenvalue weighted by Crippen LogP contribution is 2.03. The number of fused-ring (bicyclic) bond motifs is 1. The molecule has 0 aliphatic heterocycles. The summed E-state index contributed by atoms with van der Waals surface area (Å²) in [5.41, 5.74) is 1.62. The molecule has 0 atom stereocenters. The summed E-state index contributed by atoms with van der Waals surface area (Å²) in [5, 5.41) is 6.40. The Bertz CT molecular complexity index is 233. The molecule has 0 bridgehead atoms. The smallest absolute Gasteiger partial charge is 0.189 e. The standard InChI is InChI=1S/C3H2N4S/c1-2-3(5-4-1)7-8-6-2/h1H,(H,5,7). The van der Waals surface area contributed by atoms with Gasteiger partial charge in [0.05, 0.1) is 17.9 Å². The van der Waals surface area contributed by atoms with Crippen molar-refractivity contribution in [1.29, 1.82) is 0 Å². The molecular formula is C3H2N4S. The second-order valence-electron chi connectivity index (χ2n) is 1.37. The number of hydrogen-bond donors (Lipinski definition) is 1. The van der Waals surface area contributed by atoms with E-state index in [1.54, 1.807) is 6.20 Å². The van der Waals surface area contributed by atoms with Crippen molar-refractivity contribution in [2.75, 3.05) is 0 Å². The summed E-state index contributed by atoms with van der Waals surface area (Å²) in [6.45, 7) is 0. The zero-order chi connectivity index (χ0) is 5.40. The van der Waals surface area contributed by atoms with E-state index in [2.05, 4.69) is 18.9 Å². The van der Waals surface area contributed by atoms with Crippen LogP contribution < -0.4 is 0 Å². The number of aromatic amines is 1. The topological polar surface area (TPSA) is 54.5 Å². The van der Waals surface area contributed by atoms with Crippen LogP contribution in [-0.4, -0.2) is 18.9 Å². The lowest BCUT2D eigenvalue weighted by molar-refractivity contribution is 1.11. The number of nitrogens with one attached hydrogen (secondary N) is 1. The van der Waals surface area contributed by atoms with Crippen molar-refractivity contribution in [1.82, 2.24) is 18.9 Å². The first-order chi connectivity index (χ1) is 3.97. The van der Waals surface area contributed by atoms with E-state index in [9.17, 15) is 0 Å². The molecule has 2 aromatic heterocycles. The quantitative estimate of drug-likeness (QED) is 0.556. The number of aromatic nitrogens is 4. The largest absolute Gasteiger partial charge is 0.259 e. The summed E-state index contributed by atoms with van der Waals surface area (Å²) < 4.78 is 7.81. The highest BCUT2D eigenvalue weighted by atomic mass is 32.1. The van der Waals surface area contributed by atoms with Crippen molar-refractivity contribution in [3.8, 4) is 0 Å². The lowest BCUT2D eigenvalue weighted by atomic mass is 10.6. The van der Waals surface area contributed by atoms with Crippen LogP contribution in [0.2, 0.25) is 0 Å². The van der Waals surface area contributed by atoms with Crippen molar-refractivity contribution in [3.05, 3.63) is 6.20 Å². The van der Waals surface area contributed by atoms with Crippen LogP contribution in [0.4, 0.5) is 0 Å². The average Bonchev–Trinajstić information content (AvgIpc) is 2.15. The molecule has 0 fully saturated rings. The Labute approximate surface area is 48.9 Å². The second-order valence-corrected chi connectivity index (χ2v) is 1.90. The lowest BCUT2D eigenvalue weighted by Gasteiger charge is -1.60. The normalized spacial score (nSPS) is 10.5. The molecule has 0 unspecified atom stereocenters. The van der Waals surface area contributed by atoms with Gasteiger partial charge in [0.25, 0.3) is 0 Å². The maximum absolute atomic E-state index is 3.92. The van der Waals surface area contributed by atoms with Gasteiger partial charge in [0.1, 0.15) is 5.52 Å². The average molecular weight is 126 g/mol. The van der Waals surface area contributed by atoms with Crippen molar-refractivity contribution < 1.29 is 0 Å². The van der Waals surface area contributed by atoms with Crippen molar-refractivity contribution in [2.24, 2.45) is 0 Å². The molecule has 0 saturated carbocycles. The zero-order valence-electron chi connectivity index (χ0n) is 3.83. The predicted octanol–water partition coefficient (Wildman–Crippen LogP) is 0.414. The van der Waals surface area contributed by atoms with E-state index in [-0.39, 0.29) is 0 Å². The molecular weight excluding hydrogens is 124 g/mol. The van der Waals surface area contributed by atoms with Gasteiger partial charge in [-0.2, -0.15) is 13.8 Å². The Morgan fingerprint density at radius 2 is 2.50 bits per heavy atom. The molecule has 5 heteroatoms. The fraction of sp³-hybridized carbons (Fsp3) is 0. The van der Waals surface area contributed by atoms with Crippen LogP contribution in [0.3, 0.4) is 0 Å². The summed E-state index contributed by atoms with van der Waals surface area (Å²) in [7, 11) is 0. The summed E-state index contributed by atoms with van der Waals surface area (Å²) in [4.78, 5) is 0. The van der Waals surface area contributed by atoms with Crippen LogP contribution in [0, 0.1) is 0 Å². The van der Waals surface area contributed by atoms with E-state index in [1.807, 2.05) is 0 Å². The molecule has 0 radical (unpaired) electrons. The Kier molecular flexibility index (Phi) is 0.621. The van der Waals surface area contributed by atoms with Gasteiger partial charge in [-0.1, -0.05) is 0 Å². The molecule has 2 heterocycles. The lowest BCUT2D eigenvalue weighted by Crippen LogP contribution is -1.62. The van der Waals surface area contributed by atoms with E-state index in [1.165, 1.54) is 11.7 Å². The van der Waals surface area contributed by atoms with Gasteiger partial charge < -0.3 is 0 Å². The molecule has 4 nitrogen and oxygen atoms in total. The van der Waals surface area contributed by atoms with Crippen molar-refractivity contribution in [2.45, 2.75) is 0 Å². The number of H-pyrrole nitrogens is 1. The maximum atomic E-state index is 3.92. The Morgan fingerprint density at radius 1 is 1.50 bits per heavy atom. The number of hydrogen-bond acceptors (Lipinski definition) is 4. The van der Waals surface area contributed by atoms with Gasteiger partial charge in [-0.15, -0.1) is 0 Å². The number of rotatable bonds is 0. The van der Waals surface area contributed by atoms with E-state index in [4.69, 9.17) is 0 Å². The fourth-order valence-electron chi connectivity index (χ4n) is 0.512. The van der Waals surface area contributed by atoms with E-state index < -0.39 is 0 Å². The van der Waals surface area contributed by atoms with Crippen LogP contribution in [-0.2, 0) is 0 Å². The van der Waals surface area contributed by atoms with Gasteiger partial charge in [-0.3, -0.25) is 5.10 Å². The third-order valence-corrected chi connectivity index (χ3v) is 1.41. The molecule has 0 saturated heterocycles. The molecule has 0 amide bonds. The molecule has 0 aliphatic rings. The van der Waals surface area contributed by atoms with Crippen molar-refractivity contribution >= 4 is 22.9 Å². The van der Waals surface area contributed by atoms with E-state index >= 15 is 0 Å². The Balaban J connectivity index is 3.06. The first-order valence-corrected chi connectivity index (χ1v) is 2.81. The Morgan fingerprint density at radius 3 is 3.38 bits per heavy atom. The van der Waals surface area contributed by atoms with Crippen LogP contribution in [0.25, 0.3) is 11.2 Å². The van der Waals surface area contributed by atoms with Crippen LogP contribution in [0.5, 0.6) is 0 Å². The van der Waals surface area contributed by atoms with Gasteiger partial charge in [0.15, 0.2) is 5.65 Å². The maximum Gasteiger partial charge on any atom is 0.189 e. The van der Waals surface area contributed by atoms with Crippen LogP contribution >= 0.6 is 11.7 Å². The van der Waals surface area contributed by atoms with Gasteiger partial charge >= 0.3 is 0 Å². The summed E-state index contributed by atoms with van der Waals surface area (Å²) in [5.74, 6) is 0. The predicted molar refractivity (Wildman–Crippen MR) is 29.6 cm³/mol. The van der Waals surface area contributed by atoms with Crippen LogP contribution in [0.1, 0.15) is 0 Å². The molecule has 0 aliphatic carbocycles. The van der Waals surface area contributed by atoms with Gasteiger partial charge in [-0.05, 0) is 0 Å². The molecule has 0 aromatic carbocycles. The van der Waals surface area contributed by atoms with Gasteiger partial charge in [0.2, 0.25) is 0 Å². The van der Waals surface area contributed by atoms with Gasteiger partial charge in [-0.25, -0.2) is 0 Å². The molecule has 1 N–H and O–H groups in total. The third kappa shape index (κ3) is 0.362. The molecule has 2 aromatic rings. The number of nitrogens with zero attached hydrogens (tertiary/aromatic N) is 3. The minimum absolute atomic E-state index is 0.773. The minimum atomic E-state index is 0.773. The molecule has 2 rings (SSSR count). The molecule has 40 valence electrons. The second kappa shape index (κ2) is 1.25. The van der Waals surface area contributed by atoms with E-state index in [0.29, 0.717) is 0 Å². The summed E-state index contributed by atoms with van der Waals surface area (Å²) in [6.07, 6.45) is 1.65. The van der Waals surface area contributed by atoms with Crippen molar-refractivity contribution in [3.63, 3.8) is 0 Å². The van der Waals surface area contributed by atoms with E-state index in [0.717, 1.165) is 11.2 Å². The Hall–Kier alpha value is -0.970. The summed E-state index contributed by atoms with van der Waals surface area (Å²) in [6, 6.07) is 0. The first kappa shape index (κ1) is 3.96. The summed E-state index contributed by atoms with van der Waals surface area (Å²) >= 11 is 1.19. The third-order valence-electron chi connectivity index (χ3n) is 0.871. The SMILES string of the molecule is c1n[nH]c2nsnc12. The van der Waals surface area contributed by atoms with Gasteiger partial charge in [0, 0.05) is 0 Å². The fourth-order valence-corrected chi connectivity index (χ4v) is 0.991. The van der Waals surface area contributed by atoms with Crippen LogP contribution in [0.15, 0.2) is 6.20 Å². The highest BCUT2D eigenvalue weighted by Gasteiger charge is 1.95. The molecule has 8 heavy (non-hydrogen) atoms. The zero-order valence-corrected chi connectivity index (χ0v) is 4.64. The highest BCUT2D eigenvalue weighted by molar-refractivity contribution is 7.00. The monoisotopic (exact) mass is 126 g/mol. The molecule has 0 spiro atoms. The first-order valence-electron chi connectivity index (χ1n) is 2.08. The minimum Gasteiger partial charge on any atom is -0.259 e.